The average Bonchev–Trinajstić information content (AvgIpc) is 2.37. The molecular formula is C12H16F2N2O2S. The van der Waals surface area contributed by atoms with Gasteiger partial charge >= 0.3 is 0 Å². The minimum atomic E-state index is -3.92. The van der Waals surface area contributed by atoms with E-state index < -0.39 is 26.6 Å². The first-order chi connectivity index (χ1) is 8.99. The Labute approximate surface area is 111 Å². The van der Waals surface area contributed by atoms with Crippen molar-refractivity contribution in [2.45, 2.75) is 17.7 Å². The Balaban J connectivity index is 2.05. The van der Waals surface area contributed by atoms with Gasteiger partial charge in [-0.05, 0) is 44.0 Å². The molecule has 1 heterocycles. The van der Waals surface area contributed by atoms with Gasteiger partial charge in [-0.1, -0.05) is 0 Å². The Hall–Kier alpha value is -1.05. The summed E-state index contributed by atoms with van der Waals surface area (Å²) in [5.74, 6) is -1.62. The molecular weight excluding hydrogens is 274 g/mol. The molecule has 1 fully saturated rings. The molecule has 2 N–H and O–H groups in total. The van der Waals surface area contributed by atoms with E-state index in [0.717, 1.165) is 38.1 Å². The van der Waals surface area contributed by atoms with Crippen LogP contribution in [0.2, 0.25) is 0 Å². The standard InChI is InChI=1S/C12H16F2N2O2S/c13-10-1-2-12(11(14)7-10)19(17,18)16-8-9-3-5-15-6-4-9/h1-2,7,9,15-16H,3-6,8H2. The predicted octanol–water partition coefficient (Wildman–Crippen LogP) is 1.24. The molecule has 0 bridgehead atoms. The quantitative estimate of drug-likeness (QED) is 0.877. The molecule has 1 aromatic carbocycles. The second kappa shape index (κ2) is 5.94. The van der Waals surface area contributed by atoms with E-state index in [2.05, 4.69) is 10.0 Å². The molecule has 106 valence electrons. The third kappa shape index (κ3) is 3.71. The first kappa shape index (κ1) is 14.4. The van der Waals surface area contributed by atoms with Crippen LogP contribution in [0.25, 0.3) is 0 Å². The lowest BCUT2D eigenvalue weighted by atomic mass is 9.99. The summed E-state index contributed by atoms with van der Waals surface area (Å²) in [5.41, 5.74) is 0. The van der Waals surface area contributed by atoms with Crippen LogP contribution >= 0.6 is 0 Å². The van der Waals surface area contributed by atoms with Crippen molar-refractivity contribution >= 4 is 10.0 Å². The summed E-state index contributed by atoms with van der Waals surface area (Å²) in [7, 11) is -3.92. The molecule has 0 atom stereocenters. The zero-order valence-electron chi connectivity index (χ0n) is 10.3. The van der Waals surface area contributed by atoms with E-state index in [-0.39, 0.29) is 12.5 Å². The van der Waals surface area contributed by atoms with E-state index in [1.807, 2.05) is 0 Å². The maximum atomic E-state index is 13.4. The summed E-state index contributed by atoms with van der Waals surface area (Å²) in [6.07, 6.45) is 1.77. The van der Waals surface area contributed by atoms with Crippen LogP contribution < -0.4 is 10.0 Å². The highest BCUT2D eigenvalue weighted by Crippen LogP contribution is 2.16. The topological polar surface area (TPSA) is 58.2 Å². The molecule has 4 nitrogen and oxygen atoms in total. The lowest BCUT2D eigenvalue weighted by Crippen LogP contribution is -2.36. The Morgan fingerprint density at radius 3 is 2.58 bits per heavy atom. The molecule has 1 saturated heterocycles. The van der Waals surface area contributed by atoms with E-state index in [1.165, 1.54) is 0 Å². The molecule has 0 radical (unpaired) electrons. The SMILES string of the molecule is O=S(=O)(NCC1CCNCC1)c1ccc(F)cc1F. The van der Waals surface area contributed by atoms with Gasteiger partial charge in [-0.15, -0.1) is 0 Å². The van der Waals surface area contributed by atoms with Crippen LogP contribution in [0.5, 0.6) is 0 Å². The summed E-state index contributed by atoms with van der Waals surface area (Å²) < 4.78 is 52.4. The van der Waals surface area contributed by atoms with Crippen LogP contribution in [0, 0.1) is 17.6 Å². The van der Waals surface area contributed by atoms with Crippen molar-refractivity contribution in [2.75, 3.05) is 19.6 Å². The molecule has 0 spiro atoms. The monoisotopic (exact) mass is 290 g/mol. The average molecular weight is 290 g/mol. The van der Waals surface area contributed by atoms with Crippen molar-refractivity contribution in [3.8, 4) is 0 Å². The number of hydrogen-bond acceptors (Lipinski definition) is 3. The van der Waals surface area contributed by atoms with Crippen LogP contribution in [0.1, 0.15) is 12.8 Å². The Kier molecular flexibility index (Phi) is 4.49. The summed E-state index contributed by atoms with van der Waals surface area (Å²) in [6, 6.07) is 2.44. The maximum absolute atomic E-state index is 13.4. The van der Waals surface area contributed by atoms with Gasteiger partial charge in [-0.3, -0.25) is 0 Å². The van der Waals surface area contributed by atoms with Crippen LogP contribution in [0.15, 0.2) is 23.1 Å². The third-order valence-electron chi connectivity index (χ3n) is 3.20. The van der Waals surface area contributed by atoms with Crippen molar-refractivity contribution in [1.82, 2.24) is 10.0 Å². The van der Waals surface area contributed by atoms with E-state index in [1.54, 1.807) is 0 Å². The lowest BCUT2D eigenvalue weighted by molar-refractivity contribution is 0.372. The Bertz CT molecular complexity index is 543. The maximum Gasteiger partial charge on any atom is 0.243 e. The summed E-state index contributed by atoms with van der Waals surface area (Å²) in [5, 5.41) is 3.18. The Morgan fingerprint density at radius 1 is 1.26 bits per heavy atom. The number of rotatable bonds is 4. The summed E-state index contributed by atoms with van der Waals surface area (Å²) >= 11 is 0. The zero-order chi connectivity index (χ0) is 13.9. The van der Waals surface area contributed by atoms with Gasteiger partial charge in [-0.2, -0.15) is 0 Å². The fraction of sp³-hybridized carbons (Fsp3) is 0.500. The minimum absolute atomic E-state index is 0.250. The number of halogens is 2. The van der Waals surface area contributed by atoms with E-state index in [9.17, 15) is 17.2 Å². The van der Waals surface area contributed by atoms with Gasteiger partial charge < -0.3 is 5.32 Å². The van der Waals surface area contributed by atoms with Gasteiger partial charge in [-0.25, -0.2) is 21.9 Å². The van der Waals surface area contributed by atoms with Crippen molar-refractivity contribution < 1.29 is 17.2 Å². The van der Waals surface area contributed by atoms with Crippen LogP contribution in [0.3, 0.4) is 0 Å². The number of hydrogen-bond donors (Lipinski definition) is 2. The van der Waals surface area contributed by atoms with Gasteiger partial charge in [0.05, 0.1) is 0 Å². The van der Waals surface area contributed by atoms with Gasteiger partial charge in [0, 0.05) is 12.6 Å². The van der Waals surface area contributed by atoms with Gasteiger partial charge in [0.25, 0.3) is 0 Å². The van der Waals surface area contributed by atoms with Crippen LogP contribution in [-0.2, 0) is 10.0 Å². The molecule has 1 aliphatic heterocycles. The highest BCUT2D eigenvalue weighted by atomic mass is 32.2. The van der Waals surface area contributed by atoms with Crippen LogP contribution in [0.4, 0.5) is 8.78 Å². The van der Waals surface area contributed by atoms with Crippen molar-refractivity contribution in [1.29, 1.82) is 0 Å². The Morgan fingerprint density at radius 2 is 1.95 bits per heavy atom. The van der Waals surface area contributed by atoms with Crippen molar-refractivity contribution in [3.05, 3.63) is 29.8 Å². The molecule has 19 heavy (non-hydrogen) atoms. The molecule has 1 aromatic rings. The smallest absolute Gasteiger partial charge is 0.243 e. The largest absolute Gasteiger partial charge is 0.317 e. The third-order valence-corrected chi connectivity index (χ3v) is 4.66. The molecule has 1 aliphatic rings. The molecule has 0 unspecified atom stereocenters. The van der Waals surface area contributed by atoms with E-state index in [0.29, 0.717) is 6.07 Å². The van der Waals surface area contributed by atoms with Crippen molar-refractivity contribution in [3.63, 3.8) is 0 Å². The van der Waals surface area contributed by atoms with Gasteiger partial charge in [0.2, 0.25) is 10.0 Å². The number of benzene rings is 1. The highest BCUT2D eigenvalue weighted by molar-refractivity contribution is 7.89. The minimum Gasteiger partial charge on any atom is -0.317 e. The first-order valence-corrected chi connectivity index (χ1v) is 7.63. The number of nitrogens with one attached hydrogen (secondary N) is 2. The molecule has 2 rings (SSSR count). The number of sulfonamides is 1. The summed E-state index contributed by atoms with van der Waals surface area (Å²) in [6.45, 7) is 2.00. The molecule has 7 heteroatoms. The first-order valence-electron chi connectivity index (χ1n) is 6.14. The van der Waals surface area contributed by atoms with E-state index >= 15 is 0 Å². The molecule has 0 aromatic heterocycles. The molecule has 0 aliphatic carbocycles. The molecule has 0 amide bonds. The summed E-state index contributed by atoms with van der Waals surface area (Å²) in [4.78, 5) is -0.511. The predicted molar refractivity (Wildman–Crippen MR) is 67.1 cm³/mol. The van der Waals surface area contributed by atoms with E-state index in [4.69, 9.17) is 0 Å². The lowest BCUT2D eigenvalue weighted by Gasteiger charge is -2.22. The second-order valence-electron chi connectivity index (χ2n) is 4.62. The number of piperidine rings is 1. The zero-order valence-corrected chi connectivity index (χ0v) is 11.1. The normalized spacial score (nSPS) is 17.6. The fourth-order valence-corrected chi connectivity index (χ4v) is 3.26. The fourth-order valence-electron chi connectivity index (χ4n) is 2.08. The van der Waals surface area contributed by atoms with Gasteiger partial charge in [0.1, 0.15) is 16.5 Å². The molecule has 0 saturated carbocycles. The second-order valence-corrected chi connectivity index (χ2v) is 6.36. The van der Waals surface area contributed by atoms with Crippen molar-refractivity contribution in [2.24, 2.45) is 5.92 Å². The highest BCUT2D eigenvalue weighted by Gasteiger charge is 2.21. The van der Waals surface area contributed by atoms with Crippen LogP contribution in [-0.4, -0.2) is 28.1 Å². The van der Waals surface area contributed by atoms with Gasteiger partial charge in [0.15, 0.2) is 0 Å².